The van der Waals surface area contributed by atoms with Crippen LogP contribution in [0.1, 0.15) is 16.8 Å². The molecule has 136 valence electrons. The Hall–Kier alpha value is -3.01. The number of pyridine rings is 1. The van der Waals surface area contributed by atoms with Gasteiger partial charge in [-0.25, -0.2) is 13.4 Å². The van der Waals surface area contributed by atoms with Crippen LogP contribution < -0.4 is 4.72 Å². The first-order chi connectivity index (χ1) is 12.1. The SMILES string of the molecule is Cc1cc([N+](=O)[O-])cc(S(=O)(=O)Nc2cnc3c(c2)c(C)nn3C)c1C. The second-order valence-electron chi connectivity index (χ2n) is 6.05. The molecule has 0 unspecified atom stereocenters. The summed E-state index contributed by atoms with van der Waals surface area (Å²) < 4.78 is 29.6. The fraction of sp³-hybridized carbons (Fsp3) is 0.250. The van der Waals surface area contributed by atoms with Crippen LogP contribution >= 0.6 is 0 Å². The number of benzene rings is 1. The van der Waals surface area contributed by atoms with Gasteiger partial charge in [-0.2, -0.15) is 5.10 Å². The van der Waals surface area contributed by atoms with Crippen molar-refractivity contribution < 1.29 is 13.3 Å². The highest BCUT2D eigenvalue weighted by Crippen LogP contribution is 2.28. The molecule has 1 N–H and O–H groups in total. The molecule has 0 aliphatic heterocycles. The molecule has 0 aliphatic carbocycles. The van der Waals surface area contributed by atoms with Crippen LogP contribution in [0.15, 0.2) is 29.3 Å². The fourth-order valence-corrected chi connectivity index (χ4v) is 4.14. The molecular formula is C16H17N5O4S. The zero-order valence-corrected chi connectivity index (χ0v) is 15.5. The quantitative estimate of drug-likeness (QED) is 0.553. The van der Waals surface area contributed by atoms with E-state index in [0.717, 1.165) is 17.1 Å². The van der Waals surface area contributed by atoms with Gasteiger partial charge in [-0.05, 0) is 38.0 Å². The van der Waals surface area contributed by atoms with Crippen LogP contribution in [0, 0.1) is 30.9 Å². The molecule has 10 heteroatoms. The molecule has 0 radical (unpaired) electrons. The lowest BCUT2D eigenvalue weighted by molar-refractivity contribution is -0.385. The van der Waals surface area contributed by atoms with Crippen molar-refractivity contribution in [3.8, 4) is 0 Å². The number of aromatic nitrogens is 3. The number of nitro benzene ring substituents is 1. The van der Waals surface area contributed by atoms with E-state index in [1.807, 2.05) is 0 Å². The molecule has 0 amide bonds. The minimum Gasteiger partial charge on any atom is -0.278 e. The maximum atomic E-state index is 12.8. The normalized spacial score (nSPS) is 11.7. The van der Waals surface area contributed by atoms with Gasteiger partial charge in [-0.1, -0.05) is 0 Å². The van der Waals surface area contributed by atoms with Gasteiger partial charge in [0.2, 0.25) is 0 Å². The Bertz CT molecular complexity index is 1150. The molecule has 26 heavy (non-hydrogen) atoms. The van der Waals surface area contributed by atoms with E-state index >= 15 is 0 Å². The molecule has 0 bridgehead atoms. The molecule has 0 atom stereocenters. The van der Waals surface area contributed by atoms with E-state index in [1.54, 1.807) is 38.6 Å². The Labute approximate surface area is 149 Å². The largest absolute Gasteiger partial charge is 0.278 e. The monoisotopic (exact) mass is 375 g/mol. The summed E-state index contributed by atoms with van der Waals surface area (Å²) in [6.07, 6.45) is 1.39. The third-order valence-electron chi connectivity index (χ3n) is 4.22. The summed E-state index contributed by atoms with van der Waals surface area (Å²) in [6.45, 7) is 5.05. The zero-order valence-electron chi connectivity index (χ0n) is 14.6. The molecule has 9 nitrogen and oxygen atoms in total. The van der Waals surface area contributed by atoms with E-state index in [4.69, 9.17) is 0 Å². The Kier molecular flexibility index (Phi) is 4.15. The standard InChI is InChI=1S/C16H17N5O4S/c1-9-5-13(21(22)23)7-15(10(9)2)26(24,25)19-12-6-14-11(3)18-20(4)16(14)17-8-12/h5-8,19H,1-4H3. The summed E-state index contributed by atoms with van der Waals surface area (Å²) in [5.41, 5.74) is 2.32. The van der Waals surface area contributed by atoms with Crippen molar-refractivity contribution in [3.05, 3.63) is 51.3 Å². The highest BCUT2D eigenvalue weighted by Gasteiger charge is 2.23. The van der Waals surface area contributed by atoms with Crippen LogP contribution in [0.4, 0.5) is 11.4 Å². The number of nitrogens with one attached hydrogen (secondary N) is 1. The van der Waals surface area contributed by atoms with Crippen LogP contribution in [-0.2, 0) is 17.1 Å². The molecule has 1 aromatic carbocycles. The Morgan fingerprint density at radius 1 is 1.19 bits per heavy atom. The highest BCUT2D eigenvalue weighted by molar-refractivity contribution is 7.92. The number of non-ortho nitro benzene ring substituents is 1. The van der Waals surface area contributed by atoms with Crippen molar-refractivity contribution >= 4 is 32.4 Å². The number of fused-ring (bicyclic) bond motifs is 1. The molecule has 0 fully saturated rings. The predicted molar refractivity (Wildman–Crippen MR) is 96.6 cm³/mol. The summed E-state index contributed by atoms with van der Waals surface area (Å²) in [4.78, 5) is 14.5. The minimum atomic E-state index is -4.02. The smallest absolute Gasteiger partial charge is 0.271 e. The summed E-state index contributed by atoms with van der Waals surface area (Å²) in [5, 5.41) is 16.0. The van der Waals surface area contributed by atoms with Crippen LogP contribution in [0.5, 0.6) is 0 Å². The maximum Gasteiger partial charge on any atom is 0.271 e. The van der Waals surface area contributed by atoms with E-state index in [1.165, 1.54) is 12.3 Å². The first-order valence-corrected chi connectivity index (χ1v) is 9.16. The van der Waals surface area contributed by atoms with Gasteiger partial charge in [-0.15, -0.1) is 0 Å². The number of anilines is 1. The number of nitro groups is 1. The second kappa shape index (κ2) is 6.06. The summed E-state index contributed by atoms with van der Waals surface area (Å²) >= 11 is 0. The average molecular weight is 375 g/mol. The Morgan fingerprint density at radius 2 is 1.88 bits per heavy atom. The predicted octanol–water partition coefficient (Wildman–Crippen LogP) is 2.60. The number of sulfonamides is 1. The third-order valence-corrected chi connectivity index (χ3v) is 5.73. The molecule has 0 saturated carbocycles. The number of hydrogen-bond donors (Lipinski definition) is 1. The van der Waals surface area contributed by atoms with Gasteiger partial charge in [0.1, 0.15) is 0 Å². The van der Waals surface area contributed by atoms with E-state index in [9.17, 15) is 18.5 Å². The van der Waals surface area contributed by atoms with Crippen LogP contribution in [0.3, 0.4) is 0 Å². The van der Waals surface area contributed by atoms with E-state index in [-0.39, 0.29) is 16.3 Å². The van der Waals surface area contributed by atoms with Crippen molar-refractivity contribution in [2.24, 2.45) is 7.05 Å². The first kappa shape index (κ1) is 17.8. The number of nitrogens with zero attached hydrogens (tertiary/aromatic N) is 4. The topological polar surface area (TPSA) is 120 Å². The van der Waals surface area contributed by atoms with Gasteiger partial charge in [0.05, 0.1) is 27.4 Å². The summed E-state index contributed by atoms with van der Waals surface area (Å²) in [6, 6.07) is 4.05. The van der Waals surface area contributed by atoms with Crippen molar-refractivity contribution in [2.75, 3.05) is 4.72 Å². The van der Waals surface area contributed by atoms with Crippen molar-refractivity contribution in [3.63, 3.8) is 0 Å². The van der Waals surface area contributed by atoms with E-state index in [2.05, 4.69) is 14.8 Å². The molecule has 3 rings (SSSR count). The third kappa shape index (κ3) is 2.99. The van der Waals surface area contributed by atoms with Gasteiger partial charge in [0.25, 0.3) is 15.7 Å². The molecular weight excluding hydrogens is 358 g/mol. The van der Waals surface area contributed by atoms with E-state index in [0.29, 0.717) is 16.8 Å². The first-order valence-electron chi connectivity index (χ1n) is 7.68. The van der Waals surface area contributed by atoms with Gasteiger partial charge in [0.15, 0.2) is 5.65 Å². The highest BCUT2D eigenvalue weighted by atomic mass is 32.2. The number of hydrogen-bond acceptors (Lipinski definition) is 6. The lowest BCUT2D eigenvalue weighted by atomic mass is 10.1. The van der Waals surface area contributed by atoms with Gasteiger partial charge in [0, 0.05) is 24.6 Å². The molecule has 2 heterocycles. The lowest BCUT2D eigenvalue weighted by Gasteiger charge is -2.12. The zero-order chi connectivity index (χ0) is 19.2. The lowest BCUT2D eigenvalue weighted by Crippen LogP contribution is -2.15. The van der Waals surface area contributed by atoms with Crippen molar-refractivity contribution in [1.29, 1.82) is 0 Å². The molecule has 2 aromatic heterocycles. The van der Waals surface area contributed by atoms with Crippen LogP contribution in [0.2, 0.25) is 0 Å². The van der Waals surface area contributed by atoms with Crippen LogP contribution in [-0.4, -0.2) is 28.1 Å². The number of aryl methyl sites for hydroxylation is 3. The summed E-state index contributed by atoms with van der Waals surface area (Å²) in [5.74, 6) is 0. The second-order valence-corrected chi connectivity index (χ2v) is 7.70. The molecule has 0 saturated heterocycles. The van der Waals surface area contributed by atoms with Gasteiger partial charge >= 0.3 is 0 Å². The van der Waals surface area contributed by atoms with Crippen molar-refractivity contribution in [2.45, 2.75) is 25.7 Å². The average Bonchev–Trinajstić information content (AvgIpc) is 2.83. The van der Waals surface area contributed by atoms with Crippen molar-refractivity contribution in [1.82, 2.24) is 14.8 Å². The molecule has 0 aliphatic rings. The minimum absolute atomic E-state index is 0.132. The summed E-state index contributed by atoms with van der Waals surface area (Å²) in [7, 11) is -2.27. The Morgan fingerprint density at radius 3 is 2.54 bits per heavy atom. The van der Waals surface area contributed by atoms with Gasteiger partial charge < -0.3 is 0 Å². The van der Waals surface area contributed by atoms with Gasteiger partial charge in [-0.3, -0.25) is 19.5 Å². The van der Waals surface area contributed by atoms with E-state index < -0.39 is 14.9 Å². The fourth-order valence-electron chi connectivity index (χ4n) is 2.77. The number of rotatable bonds is 4. The maximum absolute atomic E-state index is 12.8. The molecule has 3 aromatic rings. The Balaban J connectivity index is 2.07. The van der Waals surface area contributed by atoms with Crippen LogP contribution in [0.25, 0.3) is 11.0 Å². The molecule has 0 spiro atoms.